The minimum atomic E-state index is 0.596. The third-order valence-electron chi connectivity index (χ3n) is 3.22. The van der Waals surface area contributed by atoms with Crippen LogP contribution < -0.4 is 4.74 Å². The summed E-state index contributed by atoms with van der Waals surface area (Å²) >= 11 is 0. The number of rotatable bonds is 2. The standard InChI is InChI=1S/C16H15N3O/c1-11-3-5-14-13(7-11)9-17-15(10-18-14)12-4-6-16(20-2)19-8-12/h3-8,10H,9H2,1-2H3. The maximum absolute atomic E-state index is 5.06. The number of pyridine rings is 1. The fourth-order valence-electron chi connectivity index (χ4n) is 2.13. The Bertz CT molecular complexity index is 687. The molecule has 0 amide bonds. The average Bonchev–Trinajstić information content (AvgIpc) is 2.69. The van der Waals surface area contributed by atoms with Crippen LogP contribution in [0.2, 0.25) is 0 Å². The Labute approximate surface area is 117 Å². The monoisotopic (exact) mass is 265 g/mol. The van der Waals surface area contributed by atoms with E-state index < -0.39 is 0 Å². The predicted molar refractivity (Wildman–Crippen MR) is 80.4 cm³/mol. The molecular weight excluding hydrogens is 250 g/mol. The maximum atomic E-state index is 5.06. The summed E-state index contributed by atoms with van der Waals surface area (Å²) in [4.78, 5) is 13.3. The number of aromatic nitrogens is 1. The quantitative estimate of drug-likeness (QED) is 0.837. The minimum Gasteiger partial charge on any atom is -0.481 e. The Morgan fingerprint density at radius 2 is 2.05 bits per heavy atom. The van der Waals surface area contributed by atoms with Gasteiger partial charge in [-0.05, 0) is 24.6 Å². The molecule has 0 fully saturated rings. The van der Waals surface area contributed by atoms with Gasteiger partial charge < -0.3 is 4.74 Å². The van der Waals surface area contributed by atoms with Crippen LogP contribution in [0.4, 0.5) is 5.69 Å². The Balaban J connectivity index is 1.93. The fourth-order valence-corrected chi connectivity index (χ4v) is 2.13. The molecule has 2 heterocycles. The van der Waals surface area contributed by atoms with Gasteiger partial charge in [-0.3, -0.25) is 9.98 Å². The van der Waals surface area contributed by atoms with E-state index in [1.165, 1.54) is 5.56 Å². The molecule has 0 bridgehead atoms. The van der Waals surface area contributed by atoms with Gasteiger partial charge in [0.05, 0.1) is 31.3 Å². The van der Waals surface area contributed by atoms with E-state index in [1.54, 1.807) is 19.5 Å². The van der Waals surface area contributed by atoms with Gasteiger partial charge in [-0.2, -0.15) is 0 Å². The van der Waals surface area contributed by atoms with Gasteiger partial charge in [-0.15, -0.1) is 0 Å². The van der Waals surface area contributed by atoms with Crippen LogP contribution in [-0.4, -0.2) is 24.0 Å². The van der Waals surface area contributed by atoms with Crippen molar-refractivity contribution < 1.29 is 4.74 Å². The van der Waals surface area contributed by atoms with Gasteiger partial charge in [0.15, 0.2) is 0 Å². The summed E-state index contributed by atoms with van der Waals surface area (Å²) in [7, 11) is 1.60. The Kier molecular flexibility index (Phi) is 3.29. The van der Waals surface area contributed by atoms with Crippen LogP contribution in [0, 0.1) is 6.92 Å². The van der Waals surface area contributed by atoms with E-state index in [0.29, 0.717) is 12.4 Å². The average molecular weight is 265 g/mol. The first-order valence-corrected chi connectivity index (χ1v) is 6.45. The maximum Gasteiger partial charge on any atom is 0.212 e. The summed E-state index contributed by atoms with van der Waals surface area (Å²) in [5.74, 6) is 0.596. The molecule has 1 aliphatic rings. The van der Waals surface area contributed by atoms with Crippen LogP contribution in [0.5, 0.6) is 5.88 Å². The first kappa shape index (κ1) is 12.5. The second kappa shape index (κ2) is 5.25. The summed E-state index contributed by atoms with van der Waals surface area (Å²) in [6.07, 6.45) is 3.55. The van der Waals surface area contributed by atoms with Crippen molar-refractivity contribution in [1.82, 2.24) is 4.98 Å². The molecule has 4 nitrogen and oxygen atoms in total. The third-order valence-corrected chi connectivity index (χ3v) is 3.22. The molecule has 0 atom stereocenters. The molecule has 1 aliphatic heterocycles. The van der Waals surface area contributed by atoms with Crippen molar-refractivity contribution >= 4 is 17.6 Å². The summed E-state index contributed by atoms with van der Waals surface area (Å²) in [5, 5.41) is 0. The molecule has 0 saturated heterocycles. The first-order valence-electron chi connectivity index (χ1n) is 6.45. The van der Waals surface area contributed by atoms with E-state index in [-0.39, 0.29) is 0 Å². The zero-order valence-electron chi connectivity index (χ0n) is 11.5. The number of aliphatic imine (C=N–C) groups is 2. The van der Waals surface area contributed by atoms with Crippen LogP contribution in [-0.2, 0) is 6.54 Å². The smallest absolute Gasteiger partial charge is 0.212 e. The van der Waals surface area contributed by atoms with Gasteiger partial charge in [0, 0.05) is 17.8 Å². The van der Waals surface area contributed by atoms with Crippen molar-refractivity contribution in [2.24, 2.45) is 9.98 Å². The van der Waals surface area contributed by atoms with Gasteiger partial charge >= 0.3 is 0 Å². The molecule has 0 N–H and O–H groups in total. The lowest BCUT2D eigenvalue weighted by molar-refractivity contribution is 0.398. The van der Waals surface area contributed by atoms with E-state index in [0.717, 1.165) is 22.5 Å². The number of benzene rings is 1. The SMILES string of the molecule is COc1ccc(C2=NCc3cc(C)ccc3N=C2)cn1. The van der Waals surface area contributed by atoms with Crippen molar-refractivity contribution in [3.8, 4) is 5.88 Å². The Morgan fingerprint density at radius 1 is 1.15 bits per heavy atom. The van der Waals surface area contributed by atoms with E-state index in [9.17, 15) is 0 Å². The number of hydrogen-bond acceptors (Lipinski definition) is 4. The highest BCUT2D eigenvalue weighted by molar-refractivity contribution is 6.38. The van der Waals surface area contributed by atoms with Crippen molar-refractivity contribution in [2.45, 2.75) is 13.5 Å². The van der Waals surface area contributed by atoms with Gasteiger partial charge in [0.2, 0.25) is 5.88 Å². The van der Waals surface area contributed by atoms with Crippen LogP contribution in [0.3, 0.4) is 0 Å². The van der Waals surface area contributed by atoms with Gasteiger partial charge in [-0.25, -0.2) is 4.98 Å². The lowest BCUT2D eigenvalue weighted by Gasteiger charge is -2.02. The molecule has 0 spiro atoms. The molecule has 20 heavy (non-hydrogen) atoms. The Hall–Kier alpha value is -2.49. The van der Waals surface area contributed by atoms with Crippen molar-refractivity contribution in [2.75, 3.05) is 7.11 Å². The minimum absolute atomic E-state index is 0.596. The molecule has 0 unspecified atom stereocenters. The van der Waals surface area contributed by atoms with Crippen LogP contribution in [0.1, 0.15) is 16.7 Å². The van der Waals surface area contributed by atoms with Crippen molar-refractivity contribution in [3.05, 3.63) is 53.2 Å². The van der Waals surface area contributed by atoms with E-state index in [2.05, 4.69) is 34.0 Å². The zero-order valence-corrected chi connectivity index (χ0v) is 11.5. The van der Waals surface area contributed by atoms with Gasteiger partial charge in [0.25, 0.3) is 0 Å². The van der Waals surface area contributed by atoms with Crippen LogP contribution >= 0.6 is 0 Å². The van der Waals surface area contributed by atoms with Crippen molar-refractivity contribution in [1.29, 1.82) is 0 Å². The largest absolute Gasteiger partial charge is 0.481 e. The van der Waals surface area contributed by atoms with E-state index in [1.807, 2.05) is 18.2 Å². The number of fused-ring (bicyclic) bond motifs is 1. The van der Waals surface area contributed by atoms with E-state index >= 15 is 0 Å². The molecule has 1 aromatic heterocycles. The number of ether oxygens (including phenoxy) is 1. The van der Waals surface area contributed by atoms with Crippen LogP contribution in [0.25, 0.3) is 0 Å². The van der Waals surface area contributed by atoms with Crippen molar-refractivity contribution in [3.63, 3.8) is 0 Å². The molecule has 0 aliphatic carbocycles. The molecule has 1 aromatic carbocycles. The second-order valence-electron chi connectivity index (χ2n) is 4.68. The number of methoxy groups -OCH3 is 1. The number of aryl methyl sites for hydroxylation is 1. The van der Waals surface area contributed by atoms with Crippen LogP contribution in [0.15, 0.2) is 46.5 Å². The predicted octanol–water partition coefficient (Wildman–Crippen LogP) is 3.10. The summed E-state index contributed by atoms with van der Waals surface area (Å²) in [6, 6.07) is 10.00. The summed E-state index contributed by atoms with van der Waals surface area (Å²) < 4.78 is 5.06. The summed E-state index contributed by atoms with van der Waals surface area (Å²) in [6.45, 7) is 2.71. The Morgan fingerprint density at radius 3 is 2.80 bits per heavy atom. The molecule has 4 heteroatoms. The lowest BCUT2D eigenvalue weighted by Crippen LogP contribution is -2.03. The first-order chi connectivity index (χ1) is 9.76. The zero-order chi connectivity index (χ0) is 13.9. The molecule has 2 aromatic rings. The number of nitrogens with zero attached hydrogens (tertiary/aromatic N) is 3. The normalized spacial score (nSPS) is 13.4. The topological polar surface area (TPSA) is 46.8 Å². The van der Waals surface area contributed by atoms with Gasteiger partial charge in [-0.1, -0.05) is 17.7 Å². The second-order valence-corrected chi connectivity index (χ2v) is 4.68. The molecular formula is C16H15N3O. The molecule has 100 valence electrons. The fraction of sp³-hybridized carbons (Fsp3) is 0.188. The highest BCUT2D eigenvalue weighted by Gasteiger charge is 2.08. The molecule has 0 saturated carbocycles. The lowest BCUT2D eigenvalue weighted by atomic mass is 10.1. The third kappa shape index (κ3) is 2.45. The highest BCUT2D eigenvalue weighted by Crippen LogP contribution is 2.23. The van der Waals surface area contributed by atoms with E-state index in [4.69, 9.17) is 4.74 Å². The van der Waals surface area contributed by atoms with Gasteiger partial charge in [0.1, 0.15) is 0 Å². The number of hydrogen-bond donors (Lipinski definition) is 0. The highest BCUT2D eigenvalue weighted by atomic mass is 16.5. The molecule has 0 radical (unpaired) electrons. The summed E-state index contributed by atoms with van der Waals surface area (Å²) in [5.41, 5.74) is 5.14. The molecule has 3 rings (SSSR count).